The van der Waals surface area contributed by atoms with Crippen LogP contribution in [0.2, 0.25) is 0 Å². The smallest absolute Gasteiger partial charge is 0.0876 e. The third-order valence-corrected chi connectivity index (χ3v) is 6.45. The number of aliphatic hydroxyl groups is 2. The molecule has 0 bridgehead atoms. The van der Waals surface area contributed by atoms with Gasteiger partial charge in [-0.2, -0.15) is 0 Å². The Morgan fingerprint density at radius 3 is 1.98 bits per heavy atom. The fraction of sp³-hybridized carbons (Fsp3) is 0.371. The van der Waals surface area contributed by atoms with Gasteiger partial charge in [0, 0.05) is 37.6 Å². The van der Waals surface area contributed by atoms with Crippen molar-refractivity contribution < 1.29 is 30.3 Å². The molecular weight excluding hydrogens is 673 g/mol. The zero-order valence-corrected chi connectivity index (χ0v) is 27.4. The molecular formula is C35H43IrN2O2-. The van der Waals surface area contributed by atoms with Crippen LogP contribution in [0.4, 0.5) is 0 Å². The van der Waals surface area contributed by atoms with E-state index in [2.05, 4.69) is 103 Å². The second-order valence-corrected chi connectivity index (χ2v) is 11.3. The summed E-state index contributed by atoms with van der Waals surface area (Å²) in [6.07, 6.45) is 2.45. The molecule has 0 saturated carbocycles. The van der Waals surface area contributed by atoms with Crippen LogP contribution >= 0.6 is 0 Å². The molecule has 3 aromatic carbocycles. The fourth-order valence-corrected chi connectivity index (χ4v) is 4.95. The van der Waals surface area contributed by atoms with Crippen LogP contribution in [-0.2, 0) is 20.1 Å². The number of hydrogen-bond acceptors (Lipinski definition) is 4. The Hall–Kier alpha value is -2.69. The Labute approximate surface area is 254 Å². The average Bonchev–Trinajstić information content (AvgIpc) is 2.82. The molecule has 2 unspecified atom stereocenters. The molecule has 2 N–H and O–H groups in total. The van der Waals surface area contributed by atoms with Crippen molar-refractivity contribution in [3.8, 4) is 33.8 Å². The Kier molecular flexibility index (Phi) is 12.9. The molecule has 1 aromatic heterocycles. The molecule has 5 heteroatoms. The van der Waals surface area contributed by atoms with Gasteiger partial charge >= 0.3 is 0 Å². The number of aliphatic hydroxyl groups excluding tert-OH is 2. The molecule has 0 saturated heterocycles. The summed E-state index contributed by atoms with van der Waals surface area (Å²) in [4.78, 5) is 10.0. The SMILES string of the molecule is CC(C)CC(O)CC(C)O.Cc1[c-]c(-c2ncc(-c3ccccc3C)nc2-c2cc(C)cc(C)c2)cc(C)c1.[Ir]. The van der Waals surface area contributed by atoms with Gasteiger partial charge in [-0.1, -0.05) is 81.3 Å². The number of benzene rings is 3. The molecule has 4 rings (SSSR count). The molecule has 0 aliphatic heterocycles. The van der Waals surface area contributed by atoms with Crippen molar-refractivity contribution in [1.29, 1.82) is 0 Å². The number of hydrogen-bond donors (Lipinski definition) is 2. The summed E-state index contributed by atoms with van der Waals surface area (Å²) in [5.41, 5.74) is 11.8. The van der Waals surface area contributed by atoms with E-state index in [0.717, 1.165) is 45.8 Å². The predicted octanol–water partition coefficient (Wildman–Crippen LogP) is 7.98. The molecule has 215 valence electrons. The first-order valence-electron chi connectivity index (χ1n) is 13.8. The Bertz CT molecular complexity index is 1350. The van der Waals surface area contributed by atoms with Crippen molar-refractivity contribution >= 4 is 0 Å². The number of aromatic nitrogens is 2. The van der Waals surface area contributed by atoms with Gasteiger partial charge in [0.05, 0.1) is 23.6 Å². The average molecular weight is 716 g/mol. The molecule has 0 fully saturated rings. The van der Waals surface area contributed by atoms with Crippen LogP contribution in [0.25, 0.3) is 33.8 Å². The van der Waals surface area contributed by atoms with Crippen molar-refractivity contribution in [3.63, 3.8) is 0 Å². The summed E-state index contributed by atoms with van der Waals surface area (Å²) in [5, 5.41) is 18.1. The molecule has 0 amide bonds. The molecule has 1 heterocycles. The third-order valence-electron chi connectivity index (χ3n) is 6.45. The van der Waals surface area contributed by atoms with Crippen LogP contribution < -0.4 is 0 Å². The zero-order valence-electron chi connectivity index (χ0n) is 25.0. The summed E-state index contributed by atoms with van der Waals surface area (Å²) in [6, 6.07) is 22.6. The molecule has 0 aliphatic carbocycles. The molecule has 0 aliphatic rings. The second-order valence-electron chi connectivity index (χ2n) is 11.3. The molecule has 4 aromatic rings. The van der Waals surface area contributed by atoms with Crippen molar-refractivity contribution in [2.24, 2.45) is 5.92 Å². The van der Waals surface area contributed by atoms with Gasteiger partial charge in [-0.05, 0) is 57.6 Å². The first-order chi connectivity index (χ1) is 18.4. The van der Waals surface area contributed by atoms with Gasteiger partial charge in [0.25, 0.3) is 0 Å². The monoisotopic (exact) mass is 716 g/mol. The van der Waals surface area contributed by atoms with E-state index in [1.165, 1.54) is 22.3 Å². The maximum atomic E-state index is 9.23. The van der Waals surface area contributed by atoms with E-state index in [0.29, 0.717) is 12.3 Å². The minimum atomic E-state index is -0.381. The van der Waals surface area contributed by atoms with E-state index in [4.69, 9.17) is 15.1 Å². The van der Waals surface area contributed by atoms with Crippen LogP contribution in [-0.4, -0.2) is 32.4 Å². The normalized spacial score (nSPS) is 12.3. The maximum Gasteiger partial charge on any atom is 0.0876 e. The van der Waals surface area contributed by atoms with Crippen molar-refractivity contribution in [2.45, 2.75) is 80.4 Å². The summed E-state index contributed by atoms with van der Waals surface area (Å²) >= 11 is 0. The molecule has 1 radical (unpaired) electrons. The van der Waals surface area contributed by atoms with Crippen LogP contribution in [0.15, 0.2) is 60.8 Å². The van der Waals surface area contributed by atoms with Crippen molar-refractivity contribution in [3.05, 3.63) is 94.7 Å². The largest absolute Gasteiger partial charge is 0.393 e. The van der Waals surface area contributed by atoms with Crippen molar-refractivity contribution in [2.75, 3.05) is 0 Å². The summed E-state index contributed by atoms with van der Waals surface area (Å²) in [7, 11) is 0. The first kappa shape index (κ1) is 33.5. The van der Waals surface area contributed by atoms with Crippen molar-refractivity contribution in [1.82, 2.24) is 9.97 Å². The van der Waals surface area contributed by atoms with Crippen LogP contribution in [0.3, 0.4) is 0 Å². The van der Waals surface area contributed by atoms with E-state index >= 15 is 0 Å². The number of aryl methyl sites for hydroxylation is 5. The second kappa shape index (κ2) is 15.3. The maximum absolute atomic E-state index is 9.23. The fourth-order valence-electron chi connectivity index (χ4n) is 4.95. The van der Waals surface area contributed by atoms with Gasteiger partial charge in [0.2, 0.25) is 0 Å². The molecule has 0 spiro atoms. The number of nitrogens with zero attached hydrogens (tertiary/aromatic N) is 2. The Morgan fingerprint density at radius 1 is 0.775 bits per heavy atom. The van der Waals surface area contributed by atoms with E-state index in [1.54, 1.807) is 6.92 Å². The third kappa shape index (κ3) is 9.74. The Balaban J connectivity index is 0.000000439. The standard InChI is InChI=1S/C27H25N2.C8H18O2.Ir/c1-17-10-18(2)13-22(12-17)26-27(23-14-19(3)11-20(4)15-23)29-25(16-28-26)24-9-7-6-8-21(24)5;1-6(2)4-8(10)5-7(3)9;/h6-12,14-16H,1-5H3;6-10H,4-5H2,1-3H3;/q-1;;. The summed E-state index contributed by atoms with van der Waals surface area (Å²) in [5.74, 6) is 0.508. The van der Waals surface area contributed by atoms with Crippen LogP contribution in [0, 0.1) is 46.6 Å². The summed E-state index contributed by atoms with van der Waals surface area (Å²) in [6.45, 7) is 16.4. The van der Waals surface area contributed by atoms with Crippen LogP contribution in [0.5, 0.6) is 0 Å². The van der Waals surface area contributed by atoms with Gasteiger partial charge in [0.15, 0.2) is 0 Å². The van der Waals surface area contributed by atoms with Gasteiger partial charge in [0.1, 0.15) is 0 Å². The quantitative estimate of drug-likeness (QED) is 0.191. The Morgan fingerprint density at radius 2 is 1.40 bits per heavy atom. The first-order valence-corrected chi connectivity index (χ1v) is 13.8. The van der Waals surface area contributed by atoms with E-state index in [-0.39, 0.29) is 32.3 Å². The minimum absolute atomic E-state index is 0. The van der Waals surface area contributed by atoms with Crippen LogP contribution in [0.1, 0.15) is 61.4 Å². The predicted molar refractivity (Wildman–Crippen MR) is 163 cm³/mol. The molecule has 2 atom stereocenters. The number of rotatable bonds is 7. The van der Waals surface area contributed by atoms with E-state index in [9.17, 15) is 5.11 Å². The molecule has 4 nitrogen and oxygen atoms in total. The van der Waals surface area contributed by atoms with E-state index < -0.39 is 0 Å². The molecule has 40 heavy (non-hydrogen) atoms. The van der Waals surface area contributed by atoms with Gasteiger partial charge in [-0.25, -0.2) is 0 Å². The van der Waals surface area contributed by atoms with Gasteiger partial charge < -0.3 is 15.2 Å². The minimum Gasteiger partial charge on any atom is -0.393 e. The van der Waals surface area contributed by atoms with Gasteiger partial charge in [-0.15, -0.1) is 34.9 Å². The zero-order chi connectivity index (χ0) is 28.7. The van der Waals surface area contributed by atoms with E-state index in [1.807, 2.05) is 12.3 Å². The van der Waals surface area contributed by atoms with Gasteiger partial charge in [-0.3, -0.25) is 4.98 Å². The summed E-state index contributed by atoms with van der Waals surface area (Å²) < 4.78 is 0. The topological polar surface area (TPSA) is 66.2 Å².